The molecule has 1 heterocycles. The Balaban J connectivity index is 2.01. The monoisotopic (exact) mass is 426 g/mol. The minimum Gasteiger partial charge on any atom is -0.497 e. The Kier molecular flexibility index (Phi) is 5.98. The summed E-state index contributed by atoms with van der Waals surface area (Å²) in [5.74, 6) is -1.44. The number of ketones is 2. The van der Waals surface area contributed by atoms with Gasteiger partial charge >= 0.3 is 5.97 Å². The summed E-state index contributed by atoms with van der Waals surface area (Å²) in [7, 11) is 1.49. The van der Waals surface area contributed by atoms with Crippen LogP contribution in [0.5, 0.6) is 11.5 Å². The number of rotatable bonds is 6. The summed E-state index contributed by atoms with van der Waals surface area (Å²) in [6.45, 7) is 11.1. The maximum absolute atomic E-state index is 13.7. The molecule has 0 aromatic heterocycles. The van der Waals surface area contributed by atoms with E-state index in [1.807, 2.05) is 20.8 Å². The molecule has 1 N–H and O–H groups in total. The van der Waals surface area contributed by atoms with E-state index in [0.717, 1.165) is 5.57 Å². The molecule has 1 aliphatic carbocycles. The first-order chi connectivity index (χ1) is 14.5. The van der Waals surface area contributed by atoms with Crippen LogP contribution in [0.3, 0.4) is 0 Å². The molecule has 166 valence electrons. The molecule has 1 aromatic carbocycles. The third-order valence-electron chi connectivity index (χ3n) is 6.99. The third-order valence-corrected chi connectivity index (χ3v) is 6.99. The van der Waals surface area contributed by atoms with Crippen molar-refractivity contribution in [2.24, 2.45) is 22.7 Å². The second-order valence-corrected chi connectivity index (χ2v) is 9.16. The van der Waals surface area contributed by atoms with Crippen LogP contribution in [-0.4, -0.2) is 35.9 Å². The number of fused-ring (bicyclic) bond motifs is 1. The molecular formula is C25H30O6. The van der Waals surface area contributed by atoms with E-state index in [0.29, 0.717) is 17.7 Å². The molecule has 1 fully saturated rings. The van der Waals surface area contributed by atoms with Gasteiger partial charge in [0.15, 0.2) is 11.6 Å². The van der Waals surface area contributed by atoms with Crippen molar-refractivity contribution in [3.05, 3.63) is 48.1 Å². The minimum atomic E-state index is -1.46. The Morgan fingerprint density at radius 3 is 2.58 bits per heavy atom. The van der Waals surface area contributed by atoms with Gasteiger partial charge in [0.1, 0.15) is 23.0 Å². The van der Waals surface area contributed by atoms with E-state index in [-0.39, 0.29) is 29.7 Å². The Bertz CT molecular complexity index is 972. The number of Topliss-reactive ketones (excluding diaryl/α,β-unsaturated/α-hetero) is 2. The van der Waals surface area contributed by atoms with Crippen molar-refractivity contribution in [2.75, 3.05) is 7.11 Å². The largest absolute Gasteiger partial charge is 0.497 e. The summed E-state index contributed by atoms with van der Waals surface area (Å²) in [5.41, 5.74) is -1.20. The lowest BCUT2D eigenvalue weighted by atomic mass is 9.62. The number of benzene rings is 1. The molecule has 5 atom stereocenters. The molecule has 2 aliphatic rings. The smallest absolute Gasteiger partial charge is 0.326 e. The van der Waals surface area contributed by atoms with Gasteiger partial charge in [0, 0.05) is 17.4 Å². The quantitative estimate of drug-likeness (QED) is 0.321. The van der Waals surface area contributed by atoms with Crippen molar-refractivity contribution >= 4 is 17.5 Å². The van der Waals surface area contributed by atoms with Gasteiger partial charge in [0.25, 0.3) is 0 Å². The number of hydrogen-bond donors (Lipinski definition) is 1. The Morgan fingerprint density at radius 1 is 1.32 bits per heavy atom. The molecule has 0 bridgehead atoms. The maximum atomic E-state index is 13.7. The molecule has 31 heavy (non-hydrogen) atoms. The average Bonchev–Trinajstić information content (AvgIpc) is 3.05. The number of ether oxygens (including phenoxy) is 2. The molecule has 3 rings (SSSR count). The van der Waals surface area contributed by atoms with Crippen LogP contribution in [0, 0.1) is 22.7 Å². The first-order valence-electron chi connectivity index (χ1n) is 10.5. The number of methoxy groups -OCH3 is 1. The Labute approximate surface area is 182 Å². The second-order valence-electron chi connectivity index (χ2n) is 9.16. The molecule has 6 nitrogen and oxygen atoms in total. The average molecular weight is 427 g/mol. The third kappa shape index (κ3) is 3.53. The maximum Gasteiger partial charge on any atom is 0.326 e. The highest BCUT2D eigenvalue weighted by Crippen LogP contribution is 2.61. The summed E-state index contributed by atoms with van der Waals surface area (Å²) in [6, 6.07) is 4.79. The highest BCUT2D eigenvalue weighted by atomic mass is 16.5. The molecule has 5 unspecified atom stereocenters. The molecule has 0 saturated heterocycles. The Hall–Kier alpha value is -2.73. The van der Waals surface area contributed by atoms with E-state index in [1.54, 1.807) is 25.1 Å². The summed E-state index contributed by atoms with van der Waals surface area (Å²) in [6.07, 6.45) is 2.50. The van der Waals surface area contributed by atoms with Gasteiger partial charge in [-0.05, 0) is 44.7 Å². The van der Waals surface area contributed by atoms with Crippen molar-refractivity contribution in [1.82, 2.24) is 0 Å². The molecule has 0 radical (unpaired) electrons. The molecule has 1 saturated carbocycles. The van der Waals surface area contributed by atoms with E-state index < -0.39 is 28.8 Å². The van der Waals surface area contributed by atoms with Gasteiger partial charge in [-0.3, -0.25) is 14.4 Å². The zero-order valence-corrected chi connectivity index (χ0v) is 18.7. The Morgan fingerprint density at radius 2 is 2.00 bits per heavy atom. The van der Waals surface area contributed by atoms with Gasteiger partial charge in [-0.2, -0.15) is 0 Å². The van der Waals surface area contributed by atoms with E-state index in [2.05, 4.69) is 6.58 Å². The standard InChI is InChI=1S/C25H30O6/c1-7-24(5)12-16(15(4)21(27)19(26)10-14(2)3)13-25(24)22(28)18-9-8-17(30-6)11-20(18)31-23(25)29/h7-11,15-16,19,26H,1,12-13H2,2-6H3. The highest BCUT2D eigenvalue weighted by molar-refractivity contribution is 6.18. The van der Waals surface area contributed by atoms with Crippen LogP contribution in [-0.2, 0) is 9.59 Å². The summed E-state index contributed by atoms with van der Waals surface area (Å²) in [5, 5.41) is 10.3. The zero-order valence-electron chi connectivity index (χ0n) is 18.7. The molecule has 1 spiro atoms. The summed E-state index contributed by atoms with van der Waals surface area (Å²) < 4.78 is 10.8. The van der Waals surface area contributed by atoms with Crippen LogP contribution in [0.2, 0.25) is 0 Å². The van der Waals surface area contributed by atoms with Crippen LogP contribution in [0.4, 0.5) is 0 Å². The predicted molar refractivity (Wildman–Crippen MR) is 116 cm³/mol. The van der Waals surface area contributed by atoms with Crippen LogP contribution < -0.4 is 9.47 Å². The number of aliphatic hydroxyl groups excluding tert-OH is 1. The van der Waals surface area contributed by atoms with Gasteiger partial charge in [-0.25, -0.2) is 0 Å². The van der Waals surface area contributed by atoms with Gasteiger partial charge < -0.3 is 14.6 Å². The van der Waals surface area contributed by atoms with E-state index in [4.69, 9.17) is 9.47 Å². The van der Waals surface area contributed by atoms with Crippen molar-refractivity contribution in [3.8, 4) is 11.5 Å². The van der Waals surface area contributed by atoms with Crippen LogP contribution in [0.15, 0.2) is 42.5 Å². The van der Waals surface area contributed by atoms with Crippen LogP contribution in [0.25, 0.3) is 0 Å². The normalized spacial score (nSPS) is 29.0. The number of carbonyl (C=O) groups is 3. The van der Waals surface area contributed by atoms with E-state index >= 15 is 0 Å². The lowest BCUT2D eigenvalue weighted by Crippen LogP contribution is -2.52. The number of allylic oxidation sites excluding steroid dienone is 2. The van der Waals surface area contributed by atoms with E-state index in [1.165, 1.54) is 19.3 Å². The predicted octanol–water partition coefficient (Wildman–Crippen LogP) is 3.92. The summed E-state index contributed by atoms with van der Waals surface area (Å²) >= 11 is 0. The van der Waals surface area contributed by atoms with Gasteiger partial charge in [-0.15, -0.1) is 6.58 Å². The SMILES string of the molecule is C=CC1(C)CC(C(C)C(=O)C(O)C=C(C)C)CC12C(=O)Oc1cc(OC)ccc1C2=O. The first kappa shape index (κ1) is 22.9. The number of aliphatic hydroxyl groups is 1. The van der Waals surface area contributed by atoms with Crippen molar-refractivity contribution in [2.45, 2.75) is 46.6 Å². The lowest BCUT2D eigenvalue weighted by Gasteiger charge is -2.41. The molecular weight excluding hydrogens is 396 g/mol. The molecule has 1 aromatic rings. The van der Waals surface area contributed by atoms with Gasteiger partial charge in [0.05, 0.1) is 12.7 Å². The number of esters is 1. The highest BCUT2D eigenvalue weighted by Gasteiger charge is 2.67. The number of carbonyl (C=O) groups excluding carboxylic acids is 3. The fraction of sp³-hybridized carbons (Fsp3) is 0.480. The number of hydrogen-bond acceptors (Lipinski definition) is 6. The summed E-state index contributed by atoms with van der Waals surface area (Å²) in [4.78, 5) is 39.8. The second kappa shape index (κ2) is 8.08. The zero-order chi connectivity index (χ0) is 23.1. The van der Waals surface area contributed by atoms with Crippen molar-refractivity contribution in [3.63, 3.8) is 0 Å². The van der Waals surface area contributed by atoms with Crippen molar-refractivity contribution < 1.29 is 29.0 Å². The fourth-order valence-corrected chi connectivity index (χ4v) is 5.01. The molecule has 0 amide bonds. The van der Waals surface area contributed by atoms with Gasteiger partial charge in [-0.1, -0.05) is 31.6 Å². The first-order valence-corrected chi connectivity index (χ1v) is 10.5. The van der Waals surface area contributed by atoms with E-state index in [9.17, 15) is 19.5 Å². The molecule has 1 aliphatic heterocycles. The van der Waals surface area contributed by atoms with Crippen LogP contribution in [0.1, 0.15) is 50.9 Å². The van der Waals surface area contributed by atoms with Gasteiger partial charge in [0.2, 0.25) is 0 Å². The minimum absolute atomic E-state index is 0.160. The van der Waals surface area contributed by atoms with Crippen LogP contribution >= 0.6 is 0 Å². The lowest BCUT2D eigenvalue weighted by molar-refractivity contribution is -0.148. The fourth-order valence-electron chi connectivity index (χ4n) is 5.01. The molecule has 6 heteroatoms. The van der Waals surface area contributed by atoms with Crippen molar-refractivity contribution in [1.29, 1.82) is 0 Å². The topological polar surface area (TPSA) is 89.9 Å².